The van der Waals surface area contributed by atoms with Crippen molar-refractivity contribution in [3.63, 3.8) is 0 Å². The number of anilines is 1. The van der Waals surface area contributed by atoms with E-state index in [1.54, 1.807) is 17.4 Å². The van der Waals surface area contributed by atoms with Gasteiger partial charge in [0, 0.05) is 10.6 Å². The summed E-state index contributed by atoms with van der Waals surface area (Å²) < 4.78 is 4.77. The average Bonchev–Trinajstić information content (AvgIpc) is 2.74. The molecule has 0 bridgehead atoms. The van der Waals surface area contributed by atoms with Crippen LogP contribution in [0.4, 0.5) is 5.69 Å². The second kappa shape index (κ2) is 5.84. The minimum atomic E-state index is -0.333. The number of carbonyl (C=O) groups excluding carboxylic acids is 1. The third kappa shape index (κ3) is 3.12. The molecule has 1 aromatic carbocycles. The van der Waals surface area contributed by atoms with Crippen molar-refractivity contribution in [3.8, 4) is 0 Å². The number of carbonyl (C=O) groups is 1. The second-order valence-electron chi connectivity index (χ2n) is 4.13. The van der Waals surface area contributed by atoms with Crippen molar-refractivity contribution in [2.24, 2.45) is 0 Å². The smallest absolute Gasteiger partial charge is 0.339 e. The van der Waals surface area contributed by atoms with Crippen LogP contribution in [-0.2, 0) is 11.3 Å². The van der Waals surface area contributed by atoms with Gasteiger partial charge in [0.15, 0.2) is 0 Å². The fourth-order valence-corrected chi connectivity index (χ4v) is 2.72. The van der Waals surface area contributed by atoms with Crippen molar-refractivity contribution in [1.29, 1.82) is 0 Å². The summed E-state index contributed by atoms with van der Waals surface area (Å²) in [7, 11) is 1.38. The Labute approximate surface area is 116 Å². The summed E-state index contributed by atoms with van der Waals surface area (Å²) in [6.45, 7) is 4.64. The summed E-state index contributed by atoms with van der Waals surface area (Å²) in [6.07, 6.45) is 0. The van der Waals surface area contributed by atoms with E-state index in [2.05, 4.69) is 10.3 Å². The highest BCUT2D eigenvalue weighted by atomic mass is 32.1. The average molecular weight is 276 g/mol. The van der Waals surface area contributed by atoms with Crippen molar-refractivity contribution in [2.75, 3.05) is 12.4 Å². The van der Waals surface area contributed by atoms with Crippen LogP contribution in [0.5, 0.6) is 0 Å². The number of aryl methyl sites for hydroxylation is 2. The zero-order valence-corrected chi connectivity index (χ0v) is 12.0. The number of nitrogens with zero attached hydrogens (tertiary/aromatic N) is 1. The Morgan fingerprint density at radius 2 is 2.11 bits per heavy atom. The Hall–Kier alpha value is -1.88. The summed E-state index contributed by atoms with van der Waals surface area (Å²) in [5, 5.41) is 4.32. The van der Waals surface area contributed by atoms with Crippen LogP contribution in [0, 0.1) is 13.8 Å². The number of ether oxygens (including phenoxy) is 1. The molecule has 4 nitrogen and oxygen atoms in total. The minimum Gasteiger partial charge on any atom is -0.465 e. The molecule has 1 aromatic heterocycles. The van der Waals surface area contributed by atoms with E-state index in [9.17, 15) is 4.79 Å². The first-order chi connectivity index (χ1) is 9.11. The third-order valence-electron chi connectivity index (χ3n) is 2.77. The third-order valence-corrected chi connectivity index (χ3v) is 3.84. The molecule has 0 aliphatic heterocycles. The van der Waals surface area contributed by atoms with E-state index in [4.69, 9.17) is 4.74 Å². The lowest BCUT2D eigenvalue weighted by Gasteiger charge is -2.09. The number of hydrogen-bond acceptors (Lipinski definition) is 5. The monoisotopic (exact) mass is 276 g/mol. The Bertz CT molecular complexity index is 593. The van der Waals surface area contributed by atoms with Gasteiger partial charge in [0.05, 0.1) is 29.9 Å². The minimum absolute atomic E-state index is 0.333. The highest BCUT2D eigenvalue weighted by Crippen LogP contribution is 2.21. The van der Waals surface area contributed by atoms with Crippen molar-refractivity contribution >= 4 is 23.0 Å². The zero-order chi connectivity index (χ0) is 13.8. The molecule has 2 rings (SSSR count). The van der Waals surface area contributed by atoms with Gasteiger partial charge in [-0.25, -0.2) is 9.78 Å². The molecular weight excluding hydrogens is 260 g/mol. The number of hydrogen-bond donors (Lipinski definition) is 1. The molecule has 0 unspecified atom stereocenters. The lowest BCUT2D eigenvalue weighted by atomic mass is 10.2. The molecule has 100 valence electrons. The number of rotatable bonds is 4. The van der Waals surface area contributed by atoms with Gasteiger partial charge in [-0.2, -0.15) is 0 Å². The molecule has 0 radical (unpaired) electrons. The van der Waals surface area contributed by atoms with E-state index in [-0.39, 0.29) is 5.97 Å². The van der Waals surface area contributed by atoms with Crippen LogP contribution < -0.4 is 5.32 Å². The second-order valence-corrected chi connectivity index (χ2v) is 5.42. The molecule has 0 aliphatic carbocycles. The van der Waals surface area contributed by atoms with E-state index in [1.807, 2.05) is 32.0 Å². The molecule has 0 amide bonds. The molecule has 0 aliphatic rings. The molecule has 1 N–H and O–H groups in total. The fraction of sp³-hybridized carbons (Fsp3) is 0.286. The molecule has 1 heterocycles. The predicted octanol–water partition coefficient (Wildman–Crippen LogP) is 3.16. The van der Waals surface area contributed by atoms with Gasteiger partial charge in [0.1, 0.15) is 0 Å². The predicted molar refractivity (Wildman–Crippen MR) is 76.7 cm³/mol. The normalized spacial score (nSPS) is 10.3. The van der Waals surface area contributed by atoms with Crippen LogP contribution in [0.2, 0.25) is 0 Å². The Balaban J connectivity index is 2.16. The van der Waals surface area contributed by atoms with Gasteiger partial charge in [0.2, 0.25) is 0 Å². The van der Waals surface area contributed by atoms with Gasteiger partial charge in [0.25, 0.3) is 0 Å². The Morgan fingerprint density at radius 1 is 1.37 bits per heavy atom. The van der Waals surface area contributed by atoms with Crippen molar-refractivity contribution in [1.82, 2.24) is 4.98 Å². The maximum Gasteiger partial charge on any atom is 0.339 e. The van der Waals surface area contributed by atoms with Crippen molar-refractivity contribution in [3.05, 3.63) is 45.4 Å². The quantitative estimate of drug-likeness (QED) is 0.872. The van der Waals surface area contributed by atoms with E-state index in [1.165, 1.54) is 12.0 Å². The molecular formula is C14H16N2O2S. The lowest BCUT2D eigenvalue weighted by Crippen LogP contribution is -2.08. The van der Waals surface area contributed by atoms with E-state index >= 15 is 0 Å². The molecule has 0 saturated heterocycles. The van der Waals surface area contributed by atoms with Gasteiger partial charge in [-0.05, 0) is 26.0 Å². The highest BCUT2D eigenvalue weighted by molar-refractivity contribution is 7.11. The largest absolute Gasteiger partial charge is 0.465 e. The molecule has 0 spiro atoms. The Kier molecular flexibility index (Phi) is 4.16. The van der Waals surface area contributed by atoms with Crippen LogP contribution in [0.15, 0.2) is 24.3 Å². The molecule has 0 atom stereocenters. The molecule has 0 saturated carbocycles. The number of para-hydroxylation sites is 1. The standard InChI is InChI=1S/C14H16N2O2S/c1-9-13(19-10(2)16-9)8-15-12-7-5-4-6-11(12)14(17)18-3/h4-7,15H,8H2,1-3H3. The van der Waals surface area contributed by atoms with Crippen molar-refractivity contribution < 1.29 is 9.53 Å². The van der Waals surface area contributed by atoms with E-state index in [0.29, 0.717) is 12.1 Å². The maximum atomic E-state index is 11.6. The molecule has 5 heteroatoms. The summed E-state index contributed by atoms with van der Waals surface area (Å²) in [5.74, 6) is -0.333. The molecule has 19 heavy (non-hydrogen) atoms. The summed E-state index contributed by atoms with van der Waals surface area (Å²) in [6, 6.07) is 7.33. The number of thiazole rings is 1. The summed E-state index contributed by atoms with van der Waals surface area (Å²) in [4.78, 5) is 17.2. The zero-order valence-electron chi connectivity index (χ0n) is 11.2. The first kappa shape index (κ1) is 13.5. The topological polar surface area (TPSA) is 51.2 Å². The Morgan fingerprint density at radius 3 is 2.74 bits per heavy atom. The number of methoxy groups -OCH3 is 1. The number of esters is 1. The first-order valence-corrected chi connectivity index (χ1v) is 6.77. The first-order valence-electron chi connectivity index (χ1n) is 5.96. The van der Waals surface area contributed by atoms with Crippen molar-refractivity contribution in [2.45, 2.75) is 20.4 Å². The van der Waals surface area contributed by atoms with Gasteiger partial charge < -0.3 is 10.1 Å². The van der Waals surface area contributed by atoms with Crippen LogP contribution in [0.25, 0.3) is 0 Å². The van der Waals surface area contributed by atoms with Crippen LogP contribution >= 0.6 is 11.3 Å². The van der Waals surface area contributed by atoms with Crippen LogP contribution in [-0.4, -0.2) is 18.1 Å². The van der Waals surface area contributed by atoms with Gasteiger partial charge in [-0.1, -0.05) is 12.1 Å². The number of aromatic nitrogens is 1. The lowest BCUT2D eigenvalue weighted by molar-refractivity contribution is 0.0602. The summed E-state index contributed by atoms with van der Waals surface area (Å²) >= 11 is 1.66. The molecule has 0 fully saturated rings. The van der Waals surface area contributed by atoms with Gasteiger partial charge >= 0.3 is 5.97 Å². The summed E-state index contributed by atoms with van der Waals surface area (Å²) in [5.41, 5.74) is 2.36. The van der Waals surface area contributed by atoms with Crippen LogP contribution in [0.1, 0.15) is 25.9 Å². The number of benzene rings is 1. The molecule has 2 aromatic rings. The van der Waals surface area contributed by atoms with E-state index in [0.717, 1.165) is 16.4 Å². The SMILES string of the molecule is COC(=O)c1ccccc1NCc1sc(C)nc1C. The maximum absolute atomic E-state index is 11.6. The highest BCUT2D eigenvalue weighted by Gasteiger charge is 2.11. The van der Waals surface area contributed by atoms with Gasteiger partial charge in [-0.15, -0.1) is 11.3 Å². The fourth-order valence-electron chi connectivity index (χ4n) is 1.84. The van der Waals surface area contributed by atoms with E-state index < -0.39 is 0 Å². The van der Waals surface area contributed by atoms with Crippen LogP contribution in [0.3, 0.4) is 0 Å². The number of nitrogens with one attached hydrogen (secondary N) is 1. The van der Waals surface area contributed by atoms with Gasteiger partial charge in [-0.3, -0.25) is 0 Å².